The molecular formula is C47H55F3O7. The van der Waals surface area contributed by atoms with Gasteiger partial charge < -0.3 is 18.9 Å². The molecule has 57 heavy (non-hydrogen) atoms. The van der Waals surface area contributed by atoms with Crippen LogP contribution in [-0.4, -0.2) is 30.6 Å². The van der Waals surface area contributed by atoms with Gasteiger partial charge in [-0.25, -0.2) is 23.2 Å². The highest BCUT2D eigenvalue weighted by molar-refractivity contribution is 5.94. The van der Waals surface area contributed by atoms with Crippen LogP contribution in [0.5, 0.6) is 17.2 Å². The summed E-state index contributed by atoms with van der Waals surface area (Å²) >= 11 is 0. The first-order valence-electron chi connectivity index (χ1n) is 20.4. The minimum absolute atomic E-state index is 0.00737. The predicted molar refractivity (Wildman–Crippen MR) is 216 cm³/mol. The normalized spacial score (nSPS) is 11.5. The van der Waals surface area contributed by atoms with Crippen LogP contribution < -0.4 is 14.2 Å². The van der Waals surface area contributed by atoms with Crippen molar-refractivity contribution in [3.63, 3.8) is 0 Å². The Bertz CT molecular complexity index is 1860. The Morgan fingerprint density at radius 3 is 1.61 bits per heavy atom. The van der Waals surface area contributed by atoms with Gasteiger partial charge in [0.1, 0.15) is 17.1 Å². The summed E-state index contributed by atoms with van der Waals surface area (Å²) in [5.41, 5.74) is 0.868. The Hall–Kier alpha value is -5.12. The summed E-state index contributed by atoms with van der Waals surface area (Å²) in [6.45, 7) is 6.82. The molecule has 0 unspecified atom stereocenters. The first-order chi connectivity index (χ1) is 27.6. The first kappa shape index (κ1) is 44.6. The number of hydrogen-bond donors (Lipinski definition) is 0. The fourth-order valence-corrected chi connectivity index (χ4v) is 6.27. The van der Waals surface area contributed by atoms with Crippen LogP contribution in [0, 0.1) is 17.5 Å². The number of carbonyl (C=O) groups excluding carboxylic acids is 3. The zero-order valence-electron chi connectivity index (χ0n) is 33.4. The third-order valence-electron chi connectivity index (χ3n) is 9.68. The molecule has 7 nitrogen and oxygen atoms in total. The summed E-state index contributed by atoms with van der Waals surface area (Å²) in [6, 6.07) is 19.7. The maximum absolute atomic E-state index is 14.8. The molecule has 0 saturated heterocycles. The second-order valence-corrected chi connectivity index (χ2v) is 14.4. The summed E-state index contributed by atoms with van der Waals surface area (Å²) in [6.07, 6.45) is 17.2. The van der Waals surface area contributed by atoms with Crippen LogP contribution >= 0.6 is 0 Å². The van der Waals surface area contributed by atoms with E-state index in [-0.39, 0.29) is 23.0 Å². The van der Waals surface area contributed by atoms with Gasteiger partial charge in [-0.2, -0.15) is 4.39 Å². The molecule has 0 saturated carbocycles. The van der Waals surface area contributed by atoms with E-state index in [9.17, 15) is 27.6 Å². The van der Waals surface area contributed by atoms with Gasteiger partial charge in [0.25, 0.3) is 0 Å². The Morgan fingerprint density at radius 1 is 0.526 bits per heavy atom. The summed E-state index contributed by atoms with van der Waals surface area (Å²) in [5, 5.41) is 0. The number of benzene rings is 4. The number of unbranched alkanes of at least 4 members (excludes halogenated alkanes) is 12. The lowest BCUT2D eigenvalue weighted by Crippen LogP contribution is -2.16. The number of hydrogen-bond acceptors (Lipinski definition) is 7. The van der Waals surface area contributed by atoms with Gasteiger partial charge >= 0.3 is 17.9 Å². The SMILES string of the molecule is CCCCCCCCCCCCOc1ccc(-c2ccc(C(=O)Oc3cc(C(=O)Oc4ccc(C(=O)O[C@@H](C)CCCCCC)cc4)c(F)c(F)c3F)cc2)cc1. The molecule has 0 aliphatic heterocycles. The van der Waals surface area contributed by atoms with Gasteiger partial charge in [0, 0.05) is 6.07 Å². The lowest BCUT2D eigenvalue weighted by atomic mass is 10.0. The highest BCUT2D eigenvalue weighted by atomic mass is 19.2. The Morgan fingerprint density at radius 2 is 1.02 bits per heavy atom. The molecule has 0 heterocycles. The van der Waals surface area contributed by atoms with Crippen molar-refractivity contribution in [3.8, 4) is 28.4 Å². The largest absolute Gasteiger partial charge is 0.494 e. The number of ether oxygens (including phenoxy) is 4. The van der Waals surface area contributed by atoms with Crippen LogP contribution in [0.15, 0.2) is 78.9 Å². The van der Waals surface area contributed by atoms with E-state index in [1.54, 1.807) is 12.1 Å². The van der Waals surface area contributed by atoms with E-state index in [2.05, 4.69) is 13.8 Å². The third kappa shape index (κ3) is 14.4. The summed E-state index contributed by atoms with van der Waals surface area (Å²) in [4.78, 5) is 38.3. The molecule has 0 spiro atoms. The van der Waals surface area contributed by atoms with E-state index in [1.165, 1.54) is 87.8 Å². The molecule has 0 N–H and O–H groups in total. The topological polar surface area (TPSA) is 88.1 Å². The van der Waals surface area contributed by atoms with Gasteiger partial charge in [-0.05, 0) is 85.8 Å². The van der Waals surface area contributed by atoms with E-state index in [0.29, 0.717) is 12.7 Å². The molecule has 0 aliphatic rings. The molecule has 0 amide bonds. The van der Waals surface area contributed by atoms with Crippen LogP contribution in [-0.2, 0) is 4.74 Å². The molecule has 0 bridgehead atoms. The molecule has 1 atom stereocenters. The lowest BCUT2D eigenvalue weighted by Gasteiger charge is -2.13. The van der Waals surface area contributed by atoms with E-state index in [0.717, 1.165) is 61.8 Å². The minimum Gasteiger partial charge on any atom is -0.494 e. The summed E-state index contributed by atoms with van der Waals surface area (Å²) in [7, 11) is 0. The zero-order chi connectivity index (χ0) is 41.0. The van der Waals surface area contributed by atoms with E-state index < -0.39 is 46.7 Å². The maximum Gasteiger partial charge on any atom is 0.346 e. The molecule has 0 aliphatic carbocycles. The monoisotopic (exact) mass is 788 g/mol. The standard InChI is InChI=1S/C47H55F3O7/c1-4-6-8-10-11-12-13-14-15-17-31-54-38-27-23-35(24-28-38)34-19-21-36(22-20-34)46(52)57-41-32-40(42(48)44(50)43(41)49)47(53)56-39-29-25-37(26-30-39)45(51)55-33(3)18-16-9-7-5-2/h19-30,32-33H,4-18,31H2,1-3H3/t33-/m0/s1. The number of rotatable bonds is 24. The number of halogens is 3. The van der Waals surface area contributed by atoms with Crippen molar-refractivity contribution in [3.05, 3.63) is 113 Å². The Kier molecular flexibility index (Phi) is 18.6. The molecule has 4 aromatic carbocycles. The van der Waals surface area contributed by atoms with Gasteiger partial charge in [-0.3, -0.25) is 0 Å². The highest BCUT2D eigenvalue weighted by Crippen LogP contribution is 2.29. The first-order valence-corrected chi connectivity index (χ1v) is 20.4. The van der Waals surface area contributed by atoms with Gasteiger partial charge in [-0.1, -0.05) is 115 Å². The average molecular weight is 789 g/mol. The van der Waals surface area contributed by atoms with Crippen molar-refractivity contribution in [2.75, 3.05) is 6.61 Å². The van der Waals surface area contributed by atoms with Gasteiger partial charge in [0.05, 0.1) is 23.8 Å². The second-order valence-electron chi connectivity index (χ2n) is 14.4. The van der Waals surface area contributed by atoms with Crippen LogP contribution in [0.25, 0.3) is 11.1 Å². The molecule has 306 valence electrons. The Balaban J connectivity index is 1.27. The maximum atomic E-state index is 14.8. The van der Waals surface area contributed by atoms with Crippen LogP contribution in [0.1, 0.15) is 148 Å². The second kappa shape index (κ2) is 23.8. The van der Waals surface area contributed by atoms with Crippen molar-refractivity contribution in [2.45, 2.75) is 123 Å². The van der Waals surface area contributed by atoms with Crippen LogP contribution in [0.2, 0.25) is 0 Å². The minimum atomic E-state index is -2.01. The lowest BCUT2D eigenvalue weighted by molar-refractivity contribution is 0.0319. The van der Waals surface area contributed by atoms with Crippen molar-refractivity contribution < 1.29 is 46.5 Å². The van der Waals surface area contributed by atoms with Gasteiger partial charge in [-0.15, -0.1) is 0 Å². The third-order valence-corrected chi connectivity index (χ3v) is 9.68. The molecule has 4 aromatic rings. The fourth-order valence-electron chi connectivity index (χ4n) is 6.27. The van der Waals surface area contributed by atoms with Crippen molar-refractivity contribution in [1.29, 1.82) is 0 Å². The van der Waals surface area contributed by atoms with Crippen LogP contribution in [0.3, 0.4) is 0 Å². The smallest absolute Gasteiger partial charge is 0.346 e. The van der Waals surface area contributed by atoms with Crippen molar-refractivity contribution in [2.24, 2.45) is 0 Å². The quantitative estimate of drug-likeness (QED) is 0.0302. The molecule has 0 radical (unpaired) electrons. The van der Waals surface area contributed by atoms with Crippen LogP contribution in [0.4, 0.5) is 13.2 Å². The average Bonchev–Trinajstić information content (AvgIpc) is 3.22. The molecule has 4 rings (SSSR count). The van der Waals surface area contributed by atoms with E-state index in [1.807, 2.05) is 31.2 Å². The molecule has 0 aromatic heterocycles. The summed E-state index contributed by atoms with van der Waals surface area (Å²) < 4.78 is 65.7. The fraction of sp³-hybridized carbons (Fsp3) is 0.426. The highest BCUT2D eigenvalue weighted by Gasteiger charge is 2.27. The predicted octanol–water partition coefficient (Wildman–Crippen LogP) is 13.0. The Labute approximate surface area is 334 Å². The molecule has 0 fully saturated rings. The van der Waals surface area contributed by atoms with E-state index >= 15 is 0 Å². The molecule has 10 heteroatoms. The van der Waals surface area contributed by atoms with Gasteiger partial charge in [0.2, 0.25) is 5.82 Å². The van der Waals surface area contributed by atoms with Gasteiger partial charge in [0.15, 0.2) is 17.4 Å². The summed E-state index contributed by atoms with van der Waals surface area (Å²) in [5.74, 6) is -8.93. The number of esters is 3. The van der Waals surface area contributed by atoms with Crippen molar-refractivity contribution in [1.82, 2.24) is 0 Å². The number of carbonyl (C=O) groups is 3. The van der Waals surface area contributed by atoms with Crippen molar-refractivity contribution >= 4 is 17.9 Å². The van der Waals surface area contributed by atoms with E-state index in [4.69, 9.17) is 18.9 Å². The molecular weight excluding hydrogens is 734 g/mol. The zero-order valence-corrected chi connectivity index (χ0v) is 33.4.